The molecule has 24 heavy (non-hydrogen) atoms. The lowest BCUT2D eigenvalue weighted by Gasteiger charge is -2.07. The fourth-order valence-corrected chi connectivity index (χ4v) is 2.00. The van der Waals surface area contributed by atoms with E-state index in [9.17, 15) is 15.2 Å². The molecule has 0 fully saturated rings. The number of anilines is 1. The van der Waals surface area contributed by atoms with Gasteiger partial charge in [-0.1, -0.05) is 12.1 Å². The van der Waals surface area contributed by atoms with Gasteiger partial charge in [-0.05, 0) is 42.0 Å². The molecular weight excluding hydrogens is 332 g/mol. The fourth-order valence-electron chi connectivity index (χ4n) is 1.84. The Balaban J connectivity index is 1.98. The van der Waals surface area contributed by atoms with Crippen molar-refractivity contribution in [2.24, 2.45) is 5.10 Å². The SMILES string of the molecule is COc1ccc(/C=N\NC(=S)Nc2ccccc2[N+](=O)[O-])cc1O. The summed E-state index contributed by atoms with van der Waals surface area (Å²) in [5.74, 6) is 0.343. The predicted octanol–water partition coefficient (Wildman–Crippen LogP) is 2.63. The Morgan fingerprint density at radius 3 is 2.79 bits per heavy atom. The molecule has 3 N–H and O–H groups in total. The third-order valence-electron chi connectivity index (χ3n) is 2.93. The van der Waals surface area contributed by atoms with Gasteiger partial charge in [0, 0.05) is 6.07 Å². The quantitative estimate of drug-likeness (QED) is 0.330. The van der Waals surface area contributed by atoms with Gasteiger partial charge in [0.25, 0.3) is 5.69 Å². The van der Waals surface area contributed by atoms with Crippen molar-refractivity contribution < 1.29 is 14.8 Å². The number of benzene rings is 2. The van der Waals surface area contributed by atoms with Crippen LogP contribution < -0.4 is 15.5 Å². The zero-order valence-electron chi connectivity index (χ0n) is 12.6. The Hall–Kier alpha value is -3.20. The smallest absolute Gasteiger partial charge is 0.292 e. The number of para-hydroxylation sites is 2. The monoisotopic (exact) mass is 346 g/mol. The van der Waals surface area contributed by atoms with Gasteiger partial charge in [-0.2, -0.15) is 5.10 Å². The molecule has 0 radical (unpaired) electrons. The maximum Gasteiger partial charge on any atom is 0.292 e. The summed E-state index contributed by atoms with van der Waals surface area (Å²) < 4.78 is 4.94. The van der Waals surface area contributed by atoms with Crippen molar-refractivity contribution in [2.45, 2.75) is 0 Å². The molecule has 2 aromatic carbocycles. The normalized spacial score (nSPS) is 10.4. The molecule has 9 heteroatoms. The highest BCUT2D eigenvalue weighted by atomic mass is 32.1. The lowest BCUT2D eigenvalue weighted by Crippen LogP contribution is -2.24. The Morgan fingerprint density at radius 1 is 1.38 bits per heavy atom. The molecule has 0 saturated heterocycles. The average molecular weight is 346 g/mol. The number of aromatic hydroxyl groups is 1. The van der Waals surface area contributed by atoms with Crippen molar-refractivity contribution in [3.05, 3.63) is 58.1 Å². The van der Waals surface area contributed by atoms with Crippen LogP contribution in [-0.4, -0.2) is 28.5 Å². The molecule has 2 rings (SSSR count). The highest BCUT2D eigenvalue weighted by Crippen LogP contribution is 2.25. The minimum atomic E-state index is -0.506. The van der Waals surface area contributed by atoms with Crippen molar-refractivity contribution in [2.75, 3.05) is 12.4 Å². The van der Waals surface area contributed by atoms with Crippen LogP contribution in [0.4, 0.5) is 11.4 Å². The summed E-state index contributed by atoms with van der Waals surface area (Å²) in [6.45, 7) is 0. The number of phenolic OH excluding ortho intramolecular Hbond substituents is 1. The minimum absolute atomic E-state index is 0.0120. The van der Waals surface area contributed by atoms with E-state index in [-0.39, 0.29) is 22.2 Å². The molecule has 0 aliphatic carbocycles. The van der Waals surface area contributed by atoms with E-state index < -0.39 is 4.92 Å². The van der Waals surface area contributed by atoms with Gasteiger partial charge in [-0.25, -0.2) is 0 Å². The molecule has 2 aromatic rings. The molecule has 0 aliphatic heterocycles. The lowest BCUT2D eigenvalue weighted by atomic mass is 10.2. The third kappa shape index (κ3) is 4.40. The highest BCUT2D eigenvalue weighted by Gasteiger charge is 2.12. The van der Waals surface area contributed by atoms with E-state index in [0.717, 1.165) is 0 Å². The van der Waals surface area contributed by atoms with E-state index >= 15 is 0 Å². The molecular formula is C15H14N4O4S. The minimum Gasteiger partial charge on any atom is -0.504 e. The maximum absolute atomic E-state index is 10.9. The van der Waals surface area contributed by atoms with Crippen molar-refractivity contribution in [3.8, 4) is 11.5 Å². The number of hydrogen-bond acceptors (Lipinski definition) is 6. The summed E-state index contributed by atoms with van der Waals surface area (Å²) in [4.78, 5) is 10.4. The standard InChI is InChI=1S/C15H14N4O4S/c1-23-14-7-6-10(8-13(14)20)9-16-18-15(24)17-11-4-2-3-5-12(11)19(21)22/h2-9,20H,1H3,(H2,17,18,24)/b16-9-. The number of methoxy groups -OCH3 is 1. The predicted molar refractivity (Wildman–Crippen MR) is 94.7 cm³/mol. The first-order valence-corrected chi connectivity index (χ1v) is 7.12. The molecule has 0 saturated carbocycles. The first-order valence-electron chi connectivity index (χ1n) is 6.71. The number of rotatable bonds is 5. The number of nitro benzene ring substituents is 1. The van der Waals surface area contributed by atoms with Gasteiger partial charge in [-0.3, -0.25) is 15.5 Å². The van der Waals surface area contributed by atoms with Gasteiger partial charge in [0.1, 0.15) is 5.69 Å². The third-order valence-corrected chi connectivity index (χ3v) is 3.12. The fraction of sp³-hybridized carbons (Fsp3) is 0.0667. The van der Waals surface area contributed by atoms with Crippen LogP contribution in [-0.2, 0) is 0 Å². The van der Waals surface area contributed by atoms with Crippen LogP contribution in [0.2, 0.25) is 0 Å². The van der Waals surface area contributed by atoms with Gasteiger partial charge in [0.2, 0.25) is 0 Å². The van der Waals surface area contributed by atoms with Crippen LogP contribution >= 0.6 is 12.2 Å². The Morgan fingerprint density at radius 2 is 2.12 bits per heavy atom. The van der Waals surface area contributed by atoms with E-state index in [1.807, 2.05) is 0 Å². The number of nitrogens with zero attached hydrogens (tertiary/aromatic N) is 2. The van der Waals surface area contributed by atoms with E-state index in [1.54, 1.807) is 24.3 Å². The Bertz CT molecular complexity index is 795. The van der Waals surface area contributed by atoms with Crippen molar-refractivity contribution in [3.63, 3.8) is 0 Å². The maximum atomic E-state index is 10.9. The topological polar surface area (TPSA) is 109 Å². The van der Waals surface area contributed by atoms with E-state index in [1.165, 1.54) is 31.5 Å². The summed E-state index contributed by atoms with van der Waals surface area (Å²) >= 11 is 5.03. The molecule has 0 amide bonds. The molecule has 0 aromatic heterocycles. The highest BCUT2D eigenvalue weighted by molar-refractivity contribution is 7.80. The molecule has 8 nitrogen and oxygen atoms in total. The lowest BCUT2D eigenvalue weighted by molar-refractivity contribution is -0.383. The van der Waals surface area contributed by atoms with Gasteiger partial charge in [-0.15, -0.1) is 0 Å². The molecule has 124 valence electrons. The Labute approximate surface area is 142 Å². The van der Waals surface area contributed by atoms with Gasteiger partial charge in [0.15, 0.2) is 16.6 Å². The van der Waals surface area contributed by atoms with Crippen LogP contribution in [0, 0.1) is 10.1 Å². The zero-order valence-corrected chi connectivity index (χ0v) is 13.4. The van der Waals surface area contributed by atoms with E-state index in [0.29, 0.717) is 11.3 Å². The molecule has 0 bridgehead atoms. The van der Waals surface area contributed by atoms with Crippen molar-refractivity contribution in [1.29, 1.82) is 0 Å². The molecule has 0 unspecified atom stereocenters. The Kier molecular flexibility index (Phi) is 5.63. The van der Waals surface area contributed by atoms with Crippen molar-refractivity contribution in [1.82, 2.24) is 5.43 Å². The summed E-state index contributed by atoms with van der Waals surface area (Å²) in [7, 11) is 1.46. The molecule has 0 aliphatic rings. The number of ether oxygens (including phenoxy) is 1. The number of phenols is 1. The second-order valence-corrected chi connectivity index (χ2v) is 4.94. The van der Waals surface area contributed by atoms with Gasteiger partial charge in [0.05, 0.1) is 18.2 Å². The number of hydrazone groups is 1. The summed E-state index contributed by atoms with van der Waals surface area (Å²) in [6.07, 6.45) is 1.44. The van der Waals surface area contributed by atoms with Crippen molar-refractivity contribution >= 4 is 34.9 Å². The molecule has 0 atom stereocenters. The summed E-state index contributed by atoms with van der Waals surface area (Å²) in [6, 6.07) is 10.9. The van der Waals surface area contributed by atoms with Crippen LogP contribution in [0.1, 0.15) is 5.56 Å². The van der Waals surface area contributed by atoms with Crippen LogP contribution in [0.15, 0.2) is 47.6 Å². The first kappa shape index (κ1) is 17.2. The number of hydrogen-bond donors (Lipinski definition) is 3. The zero-order chi connectivity index (χ0) is 17.5. The largest absolute Gasteiger partial charge is 0.504 e. The van der Waals surface area contributed by atoms with Crippen LogP contribution in [0.25, 0.3) is 0 Å². The molecule has 0 heterocycles. The van der Waals surface area contributed by atoms with Crippen LogP contribution in [0.3, 0.4) is 0 Å². The number of thiocarbonyl (C=S) groups is 1. The average Bonchev–Trinajstić information content (AvgIpc) is 2.55. The number of nitro groups is 1. The summed E-state index contributed by atoms with van der Waals surface area (Å²) in [5, 5.41) is 27.3. The van der Waals surface area contributed by atoms with Crippen LogP contribution in [0.5, 0.6) is 11.5 Å². The van der Waals surface area contributed by atoms with E-state index in [4.69, 9.17) is 17.0 Å². The van der Waals surface area contributed by atoms with Gasteiger partial charge >= 0.3 is 0 Å². The number of nitrogens with one attached hydrogen (secondary N) is 2. The first-order chi connectivity index (χ1) is 11.5. The second kappa shape index (κ2) is 7.88. The van der Waals surface area contributed by atoms with E-state index in [2.05, 4.69) is 15.8 Å². The summed E-state index contributed by atoms with van der Waals surface area (Å²) in [5.41, 5.74) is 3.34. The van der Waals surface area contributed by atoms with Gasteiger partial charge < -0.3 is 15.2 Å². The molecule has 0 spiro atoms. The second-order valence-electron chi connectivity index (χ2n) is 4.53.